The van der Waals surface area contributed by atoms with Gasteiger partial charge in [0.05, 0.1) is 0 Å². The zero-order valence-electron chi connectivity index (χ0n) is 8.48. The molecule has 14 heavy (non-hydrogen) atoms. The molecule has 0 aliphatic heterocycles. The van der Waals surface area contributed by atoms with Crippen molar-refractivity contribution >= 4 is 29.3 Å². The first-order valence-electron chi connectivity index (χ1n) is 4.64. The van der Waals surface area contributed by atoms with Crippen molar-refractivity contribution in [1.82, 2.24) is 0 Å². The van der Waals surface area contributed by atoms with Crippen LogP contribution >= 0.6 is 23.2 Å². The summed E-state index contributed by atoms with van der Waals surface area (Å²) >= 11 is 11.5. The van der Waals surface area contributed by atoms with Crippen LogP contribution in [-0.4, -0.2) is 5.88 Å². The predicted molar refractivity (Wildman–Crippen MR) is 65.3 cm³/mol. The number of allylic oxidation sites excluding steroid dienone is 1. The highest BCUT2D eigenvalue weighted by Crippen LogP contribution is 2.21. The molecule has 0 saturated heterocycles. The molecule has 0 fully saturated rings. The van der Waals surface area contributed by atoms with Gasteiger partial charge in [0, 0.05) is 10.9 Å². The summed E-state index contributed by atoms with van der Waals surface area (Å²) in [7, 11) is 0. The van der Waals surface area contributed by atoms with Gasteiger partial charge in [-0.2, -0.15) is 0 Å². The van der Waals surface area contributed by atoms with E-state index >= 15 is 0 Å². The lowest BCUT2D eigenvalue weighted by Gasteiger charge is -2.05. The summed E-state index contributed by atoms with van der Waals surface area (Å²) in [5, 5.41) is 0.800. The Kier molecular flexibility index (Phi) is 4.50. The number of hydrogen-bond acceptors (Lipinski definition) is 0. The van der Waals surface area contributed by atoms with E-state index in [9.17, 15) is 0 Å². The van der Waals surface area contributed by atoms with E-state index in [4.69, 9.17) is 23.2 Å². The molecule has 1 rings (SSSR count). The van der Waals surface area contributed by atoms with Crippen molar-refractivity contribution in [2.75, 3.05) is 5.88 Å². The second-order valence-corrected chi connectivity index (χ2v) is 4.15. The van der Waals surface area contributed by atoms with Crippen molar-refractivity contribution in [1.29, 1.82) is 0 Å². The third kappa shape index (κ3) is 3.04. The molecule has 0 amide bonds. The summed E-state index contributed by atoms with van der Waals surface area (Å²) in [6.07, 6.45) is 5.11. The van der Waals surface area contributed by atoms with Gasteiger partial charge in [-0.15, -0.1) is 11.6 Å². The number of benzene rings is 1. The van der Waals surface area contributed by atoms with Gasteiger partial charge in [-0.3, -0.25) is 0 Å². The largest absolute Gasteiger partial charge is 0.126 e. The highest BCUT2D eigenvalue weighted by Gasteiger charge is 2.00. The average molecular weight is 229 g/mol. The van der Waals surface area contributed by atoms with Crippen LogP contribution < -0.4 is 0 Å². The van der Waals surface area contributed by atoms with E-state index in [1.807, 2.05) is 12.1 Å². The molecular weight excluding hydrogens is 215 g/mol. The third-order valence-electron chi connectivity index (χ3n) is 2.12. The highest BCUT2D eigenvalue weighted by molar-refractivity contribution is 6.30. The summed E-state index contributed by atoms with van der Waals surface area (Å²) in [5.74, 6) is 0.669. The molecule has 0 radical (unpaired) electrons. The Bertz CT molecular complexity index is 317. The molecule has 0 unspecified atom stereocenters. The van der Waals surface area contributed by atoms with Gasteiger partial charge in [0.2, 0.25) is 0 Å². The lowest BCUT2D eigenvalue weighted by molar-refractivity contribution is 1.24. The molecule has 0 saturated carbocycles. The molecule has 0 heterocycles. The first-order chi connectivity index (χ1) is 6.65. The van der Waals surface area contributed by atoms with E-state index in [2.05, 4.69) is 26.0 Å². The minimum atomic E-state index is 0.669. The van der Waals surface area contributed by atoms with Crippen molar-refractivity contribution in [2.24, 2.45) is 0 Å². The van der Waals surface area contributed by atoms with E-state index in [-0.39, 0.29) is 0 Å². The van der Waals surface area contributed by atoms with Gasteiger partial charge in [-0.25, -0.2) is 0 Å². The summed E-state index contributed by atoms with van der Waals surface area (Å²) in [6.45, 7) is 4.14. The fraction of sp³-hybridized carbons (Fsp3) is 0.333. The Hall–Kier alpha value is -0.460. The lowest BCUT2D eigenvalue weighted by atomic mass is 10.0. The minimum absolute atomic E-state index is 0.669. The molecule has 0 aliphatic rings. The van der Waals surface area contributed by atoms with E-state index in [1.165, 1.54) is 16.7 Å². The van der Waals surface area contributed by atoms with Gasteiger partial charge < -0.3 is 0 Å². The monoisotopic (exact) mass is 228 g/mol. The Morgan fingerprint density at radius 1 is 1.21 bits per heavy atom. The Balaban J connectivity index is 2.96. The SMILES string of the molecule is Cc1cc(Cl)cc(C)c1C=CCCCl. The van der Waals surface area contributed by atoms with Crippen LogP contribution in [0.4, 0.5) is 0 Å². The fourth-order valence-corrected chi connectivity index (χ4v) is 1.90. The van der Waals surface area contributed by atoms with E-state index in [0.29, 0.717) is 5.88 Å². The van der Waals surface area contributed by atoms with Crippen molar-refractivity contribution in [3.63, 3.8) is 0 Å². The van der Waals surface area contributed by atoms with Crippen LogP contribution in [0.1, 0.15) is 23.1 Å². The zero-order chi connectivity index (χ0) is 10.6. The maximum Gasteiger partial charge on any atom is 0.0411 e. The minimum Gasteiger partial charge on any atom is -0.126 e. The van der Waals surface area contributed by atoms with Crippen LogP contribution in [0.5, 0.6) is 0 Å². The molecule has 0 spiro atoms. The third-order valence-corrected chi connectivity index (χ3v) is 2.56. The average Bonchev–Trinajstić information content (AvgIpc) is 2.09. The van der Waals surface area contributed by atoms with Gasteiger partial charge in [-0.1, -0.05) is 23.8 Å². The van der Waals surface area contributed by atoms with Gasteiger partial charge in [-0.05, 0) is 49.1 Å². The van der Waals surface area contributed by atoms with Gasteiger partial charge >= 0.3 is 0 Å². The van der Waals surface area contributed by atoms with Crippen molar-refractivity contribution in [3.05, 3.63) is 39.9 Å². The first-order valence-corrected chi connectivity index (χ1v) is 5.55. The van der Waals surface area contributed by atoms with Crippen molar-refractivity contribution in [3.8, 4) is 0 Å². The molecule has 0 nitrogen and oxygen atoms in total. The number of alkyl halides is 1. The second kappa shape index (κ2) is 5.43. The molecule has 0 N–H and O–H groups in total. The standard InChI is InChI=1S/C12H14Cl2/c1-9-7-11(14)8-10(2)12(9)5-3-4-6-13/h3,5,7-8H,4,6H2,1-2H3. The van der Waals surface area contributed by atoms with Crippen LogP contribution in [0, 0.1) is 13.8 Å². The molecular formula is C12H14Cl2. The van der Waals surface area contributed by atoms with Crippen LogP contribution in [-0.2, 0) is 0 Å². The highest BCUT2D eigenvalue weighted by atomic mass is 35.5. The quantitative estimate of drug-likeness (QED) is 0.664. The predicted octanol–water partition coefficient (Wildman–Crippen LogP) is 4.60. The second-order valence-electron chi connectivity index (χ2n) is 3.33. The fourth-order valence-electron chi connectivity index (χ4n) is 1.45. The Morgan fingerprint density at radius 2 is 1.79 bits per heavy atom. The Morgan fingerprint density at radius 3 is 2.29 bits per heavy atom. The summed E-state index contributed by atoms with van der Waals surface area (Å²) in [6, 6.07) is 3.96. The van der Waals surface area contributed by atoms with E-state index in [0.717, 1.165) is 11.4 Å². The normalized spacial score (nSPS) is 11.1. The molecule has 76 valence electrons. The number of halogens is 2. The van der Waals surface area contributed by atoms with Gasteiger partial charge in [0.1, 0.15) is 0 Å². The molecule has 2 heteroatoms. The van der Waals surface area contributed by atoms with Crippen molar-refractivity contribution in [2.45, 2.75) is 20.3 Å². The Labute approximate surface area is 95.5 Å². The molecule has 0 atom stereocenters. The van der Waals surface area contributed by atoms with Crippen LogP contribution in [0.15, 0.2) is 18.2 Å². The summed E-state index contributed by atoms with van der Waals surface area (Å²) < 4.78 is 0. The number of aryl methyl sites for hydroxylation is 2. The van der Waals surface area contributed by atoms with Crippen LogP contribution in [0.25, 0.3) is 6.08 Å². The van der Waals surface area contributed by atoms with Crippen LogP contribution in [0.2, 0.25) is 5.02 Å². The van der Waals surface area contributed by atoms with Gasteiger partial charge in [0.15, 0.2) is 0 Å². The smallest absolute Gasteiger partial charge is 0.0411 e. The number of hydrogen-bond donors (Lipinski definition) is 0. The molecule has 0 bridgehead atoms. The summed E-state index contributed by atoms with van der Waals surface area (Å²) in [5.41, 5.74) is 3.67. The zero-order valence-corrected chi connectivity index (χ0v) is 9.99. The lowest BCUT2D eigenvalue weighted by Crippen LogP contribution is -1.86. The van der Waals surface area contributed by atoms with E-state index in [1.54, 1.807) is 0 Å². The van der Waals surface area contributed by atoms with E-state index < -0.39 is 0 Å². The molecule has 0 aromatic heterocycles. The van der Waals surface area contributed by atoms with Crippen LogP contribution in [0.3, 0.4) is 0 Å². The topological polar surface area (TPSA) is 0 Å². The molecule has 1 aromatic carbocycles. The molecule has 0 aliphatic carbocycles. The first kappa shape index (κ1) is 11.6. The molecule has 1 aromatic rings. The maximum atomic E-state index is 5.94. The summed E-state index contributed by atoms with van der Waals surface area (Å²) in [4.78, 5) is 0. The number of rotatable bonds is 3. The van der Waals surface area contributed by atoms with Crippen molar-refractivity contribution < 1.29 is 0 Å². The maximum absolute atomic E-state index is 5.94. The van der Waals surface area contributed by atoms with Gasteiger partial charge in [0.25, 0.3) is 0 Å².